The lowest BCUT2D eigenvalue weighted by molar-refractivity contribution is -0.116. The van der Waals surface area contributed by atoms with E-state index in [2.05, 4.69) is 10.3 Å². The SMILES string of the molecule is CC(=O)Cc1cn(C(C)C)nn1. The molecule has 1 heterocycles. The van der Waals surface area contributed by atoms with Gasteiger partial charge in [-0.1, -0.05) is 5.21 Å². The van der Waals surface area contributed by atoms with Gasteiger partial charge in [-0.2, -0.15) is 0 Å². The molecule has 0 amide bonds. The van der Waals surface area contributed by atoms with Gasteiger partial charge in [0.05, 0.1) is 12.1 Å². The minimum absolute atomic E-state index is 0.116. The van der Waals surface area contributed by atoms with E-state index in [1.807, 2.05) is 20.0 Å². The van der Waals surface area contributed by atoms with Crippen LogP contribution in [0.15, 0.2) is 6.20 Å². The van der Waals surface area contributed by atoms with E-state index < -0.39 is 0 Å². The molecule has 1 aromatic rings. The standard InChI is InChI=1S/C8H13N3O/c1-6(2)11-5-8(9-10-11)4-7(3)12/h5-6H,4H2,1-3H3. The average molecular weight is 167 g/mol. The molecular formula is C8H13N3O. The zero-order valence-corrected chi connectivity index (χ0v) is 7.61. The summed E-state index contributed by atoms with van der Waals surface area (Å²) in [6.45, 7) is 5.59. The highest BCUT2D eigenvalue weighted by Crippen LogP contribution is 2.02. The molecule has 0 saturated carbocycles. The summed E-state index contributed by atoms with van der Waals surface area (Å²) >= 11 is 0. The topological polar surface area (TPSA) is 47.8 Å². The van der Waals surface area contributed by atoms with E-state index in [4.69, 9.17) is 0 Å². The van der Waals surface area contributed by atoms with E-state index in [0.717, 1.165) is 5.69 Å². The molecule has 0 spiro atoms. The van der Waals surface area contributed by atoms with Crippen LogP contribution in [0, 0.1) is 0 Å². The van der Waals surface area contributed by atoms with Crippen LogP contribution in [0.3, 0.4) is 0 Å². The smallest absolute Gasteiger partial charge is 0.135 e. The number of hydrogen-bond acceptors (Lipinski definition) is 3. The van der Waals surface area contributed by atoms with Gasteiger partial charge in [0.2, 0.25) is 0 Å². The van der Waals surface area contributed by atoms with Crippen molar-refractivity contribution in [1.29, 1.82) is 0 Å². The highest BCUT2D eigenvalue weighted by molar-refractivity contribution is 5.77. The van der Waals surface area contributed by atoms with E-state index in [1.54, 1.807) is 11.6 Å². The van der Waals surface area contributed by atoms with Crippen LogP contribution in [0.25, 0.3) is 0 Å². The van der Waals surface area contributed by atoms with E-state index >= 15 is 0 Å². The fraction of sp³-hybridized carbons (Fsp3) is 0.625. The molecule has 0 N–H and O–H groups in total. The Hall–Kier alpha value is -1.19. The van der Waals surface area contributed by atoms with Crippen molar-refractivity contribution in [2.24, 2.45) is 0 Å². The van der Waals surface area contributed by atoms with E-state index in [0.29, 0.717) is 12.5 Å². The lowest BCUT2D eigenvalue weighted by atomic mass is 10.2. The van der Waals surface area contributed by atoms with Crippen molar-refractivity contribution in [2.45, 2.75) is 33.2 Å². The second-order valence-corrected chi connectivity index (χ2v) is 3.16. The molecule has 0 atom stereocenters. The first-order chi connectivity index (χ1) is 5.59. The monoisotopic (exact) mass is 167 g/mol. The number of hydrogen-bond donors (Lipinski definition) is 0. The van der Waals surface area contributed by atoms with Gasteiger partial charge in [-0.05, 0) is 20.8 Å². The fourth-order valence-corrected chi connectivity index (χ4v) is 0.902. The Morgan fingerprint density at radius 1 is 1.67 bits per heavy atom. The molecule has 0 aliphatic rings. The number of aromatic nitrogens is 3. The molecule has 0 bridgehead atoms. The minimum Gasteiger partial charge on any atom is -0.300 e. The van der Waals surface area contributed by atoms with Gasteiger partial charge in [0.1, 0.15) is 5.78 Å². The van der Waals surface area contributed by atoms with Crippen LogP contribution in [-0.2, 0) is 11.2 Å². The number of carbonyl (C=O) groups is 1. The van der Waals surface area contributed by atoms with Crippen LogP contribution >= 0.6 is 0 Å². The Morgan fingerprint density at radius 3 is 2.75 bits per heavy atom. The first-order valence-electron chi connectivity index (χ1n) is 3.99. The Morgan fingerprint density at radius 2 is 2.33 bits per heavy atom. The molecule has 0 radical (unpaired) electrons. The fourth-order valence-electron chi connectivity index (χ4n) is 0.902. The van der Waals surface area contributed by atoms with Gasteiger partial charge in [0.25, 0.3) is 0 Å². The number of ketones is 1. The van der Waals surface area contributed by atoms with Crippen LogP contribution in [0.2, 0.25) is 0 Å². The Kier molecular flexibility index (Phi) is 2.58. The van der Waals surface area contributed by atoms with Crippen LogP contribution in [0.1, 0.15) is 32.5 Å². The summed E-state index contributed by atoms with van der Waals surface area (Å²) in [6, 6.07) is 0.304. The first kappa shape index (κ1) is 8.90. The second-order valence-electron chi connectivity index (χ2n) is 3.16. The molecule has 0 aromatic carbocycles. The summed E-state index contributed by atoms with van der Waals surface area (Å²) in [5, 5.41) is 7.75. The van der Waals surface area contributed by atoms with Crippen LogP contribution in [0.4, 0.5) is 0 Å². The second kappa shape index (κ2) is 3.47. The van der Waals surface area contributed by atoms with Crippen molar-refractivity contribution in [3.8, 4) is 0 Å². The van der Waals surface area contributed by atoms with Crippen LogP contribution in [0.5, 0.6) is 0 Å². The zero-order chi connectivity index (χ0) is 9.14. The summed E-state index contributed by atoms with van der Waals surface area (Å²) < 4.78 is 1.75. The highest BCUT2D eigenvalue weighted by Gasteiger charge is 2.04. The molecule has 0 saturated heterocycles. The van der Waals surface area contributed by atoms with Gasteiger partial charge in [-0.15, -0.1) is 5.10 Å². The van der Waals surface area contributed by atoms with Crippen molar-refractivity contribution >= 4 is 5.78 Å². The molecule has 0 aliphatic carbocycles. The lowest BCUT2D eigenvalue weighted by Gasteiger charge is -2.00. The molecular weight excluding hydrogens is 154 g/mol. The zero-order valence-electron chi connectivity index (χ0n) is 7.61. The molecule has 4 nitrogen and oxygen atoms in total. The quantitative estimate of drug-likeness (QED) is 0.674. The van der Waals surface area contributed by atoms with Crippen LogP contribution < -0.4 is 0 Å². The lowest BCUT2D eigenvalue weighted by Crippen LogP contribution is -2.00. The minimum atomic E-state index is 0.116. The largest absolute Gasteiger partial charge is 0.300 e. The molecule has 0 unspecified atom stereocenters. The Labute approximate surface area is 71.6 Å². The molecule has 0 aliphatic heterocycles. The molecule has 12 heavy (non-hydrogen) atoms. The third kappa shape index (κ3) is 2.15. The third-order valence-corrected chi connectivity index (χ3v) is 1.52. The van der Waals surface area contributed by atoms with Gasteiger partial charge in [0.15, 0.2) is 0 Å². The normalized spacial score (nSPS) is 10.7. The first-order valence-corrected chi connectivity index (χ1v) is 3.99. The van der Waals surface area contributed by atoms with Gasteiger partial charge < -0.3 is 0 Å². The van der Waals surface area contributed by atoms with E-state index in [-0.39, 0.29) is 5.78 Å². The maximum Gasteiger partial charge on any atom is 0.135 e. The van der Waals surface area contributed by atoms with Crippen molar-refractivity contribution in [1.82, 2.24) is 15.0 Å². The molecule has 66 valence electrons. The van der Waals surface area contributed by atoms with Gasteiger partial charge in [0, 0.05) is 12.2 Å². The number of Topliss-reactive ketones (excluding diaryl/α,β-unsaturated/α-hetero) is 1. The summed E-state index contributed by atoms with van der Waals surface area (Å²) in [5.41, 5.74) is 0.746. The number of carbonyl (C=O) groups excluding carboxylic acids is 1. The summed E-state index contributed by atoms with van der Waals surface area (Å²) in [7, 11) is 0. The highest BCUT2D eigenvalue weighted by atomic mass is 16.1. The Bertz CT molecular complexity index is 278. The molecule has 1 aromatic heterocycles. The predicted octanol–water partition coefficient (Wildman–Crippen LogP) is 0.990. The van der Waals surface area contributed by atoms with Crippen LogP contribution in [-0.4, -0.2) is 20.8 Å². The summed E-state index contributed by atoms with van der Waals surface area (Å²) in [5.74, 6) is 0.116. The average Bonchev–Trinajstić information content (AvgIpc) is 2.34. The van der Waals surface area contributed by atoms with Crippen molar-refractivity contribution in [3.63, 3.8) is 0 Å². The van der Waals surface area contributed by atoms with Gasteiger partial charge >= 0.3 is 0 Å². The van der Waals surface area contributed by atoms with Crippen molar-refractivity contribution < 1.29 is 4.79 Å². The molecule has 4 heteroatoms. The van der Waals surface area contributed by atoms with Gasteiger partial charge in [-0.25, -0.2) is 4.68 Å². The maximum absolute atomic E-state index is 10.7. The predicted molar refractivity (Wildman–Crippen MR) is 44.8 cm³/mol. The van der Waals surface area contributed by atoms with Gasteiger partial charge in [-0.3, -0.25) is 4.79 Å². The molecule has 1 rings (SSSR count). The summed E-state index contributed by atoms with van der Waals surface area (Å²) in [4.78, 5) is 10.7. The van der Waals surface area contributed by atoms with Crippen molar-refractivity contribution in [2.75, 3.05) is 0 Å². The number of nitrogens with zero attached hydrogens (tertiary/aromatic N) is 3. The Balaban J connectivity index is 2.70. The third-order valence-electron chi connectivity index (χ3n) is 1.52. The molecule has 0 fully saturated rings. The number of rotatable bonds is 3. The maximum atomic E-state index is 10.7. The van der Waals surface area contributed by atoms with Crippen molar-refractivity contribution in [3.05, 3.63) is 11.9 Å². The summed E-state index contributed by atoms with van der Waals surface area (Å²) in [6.07, 6.45) is 2.19. The van der Waals surface area contributed by atoms with E-state index in [9.17, 15) is 4.79 Å². The van der Waals surface area contributed by atoms with E-state index in [1.165, 1.54) is 0 Å².